The molecule has 0 spiro atoms. The van der Waals surface area contributed by atoms with Crippen LogP contribution in [0.4, 0.5) is 0 Å². The molecule has 5 atom stereocenters. The number of Topliss-reactive ketones (excluding diaryl/α,β-unsaturated/α-hetero) is 4. The summed E-state index contributed by atoms with van der Waals surface area (Å²) in [5.41, 5.74) is 13.5. The predicted molar refractivity (Wildman–Crippen MR) is 511 cm³/mol. The molecule has 0 bridgehead atoms. The van der Waals surface area contributed by atoms with Gasteiger partial charge in [-0.25, -0.2) is 0 Å². The van der Waals surface area contributed by atoms with Crippen LogP contribution in [0.25, 0.3) is 0 Å². The van der Waals surface area contributed by atoms with E-state index in [0.29, 0.717) is 113 Å². The number of ether oxygens (including phenoxy) is 16. The molecular weight excluding hydrogens is 1650 g/mol. The van der Waals surface area contributed by atoms with Crippen molar-refractivity contribution in [1.29, 1.82) is 0 Å². The van der Waals surface area contributed by atoms with Gasteiger partial charge >= 0.3 is 0 Å². The molecule has 0 aromatic heterocycles. The van der Waals surface area contributed by atoms with Gasteiger partial charge in [0.05, 0.1) is 120 Å². The van der Waals surface area contributed by atoms with Crippen LogP contribution in [0.15, 0.2) is 194 Å². The lowest BCUT2D eigenvalue weighted by Gasteiger charge is -2.28. The maximum absolute atomic E-state index is 13.2. The van der Waals surface area contributed by atoms with E-state index in [1.54, 1.807) is 114 Å². The normalized spacial score (nSPS) is 14.5. The first kappa shape index (κ1) is 103. The average Bonchev–Trinajstić information content (AvgIpc) is 0.818. The number of aliphatic hydroxyl groups is 1. The molecule has 2 saturated carbocycles. The number of carbonyl (C=O) groups is 4. The molecule has 1 N–H and O–H groups in total. The number of aliphatic hydroxyl groups excluding tert-OH is 1. The second kappa shape index (κ2) is 54.8. The minimum Gasteiger partial charge on any atom is -0.497 e. The Labute approximate surface area is 770 Å². The zero-order chi connectivity index (χ0) is 93.9. The molecule has 2 fully saturated rings. The van der Waals surface area contributed by atoms with Gasteiger partial charge in [0.2, 0.25) is 0 Å². The van der Waals surface area contributed by atoms with Gasteiger partial charge in [-0.3, -0.25) is 19.2 Å². The molecule has 10 aromatic rings. The molecular formula is C109H136O21. The average molecular weight is 1780 g/mol. The minimum absolute atomic E-state index is 0.0481. The predicted octanol–water partition coefficient (Wildman–Crippen LogP) is 20.9. The lowest BCUT2D eigenvalue weighted by atomic mass is 9.75. The molecule has 698 valence electrons. The highest BCUT2D eigenvalue weighted by atomic mass is 16.5. The summed E-state index contributed by atoms with van der Waals surface area (Å²) in [5.74, 6) is 13.5. The fourth-order valence-corrected chi connectivity index (χ4v) is 16.3. The van der Waals surface area contributed by atoms with Crippen LogP contribution in [0.5, 0.6) is 92.0 Å². The van der Waals surface area contributed by atoms with Crippen molar-refractivity contribution in [1.82, 2.24) is 0 Å². The standard InChI is InChI=1S/C24H30O5.C24H30O4.C21H26O5.C21H28O4.C19H22O3/c1-26-20-10-8-16(14-22(20)28-3)12-18-6-5-7-19(24(18)25)13-17-9-11-21(27-2)23(15-17)29-4;1-16-8-9-17(14-22(16)27-3)12-19-6-5-7-20(24(19)25)13-18-10-11-21(26-2)23(15-18)28-4;1-23-18-11-7-15(13-20(18)25-3)5-9-17(22)10-6-16-8-12-19(24-2)21(14-16)26-4;1-15-5-6-16(13-20(15)24-3)7-10-18(22)11-8-17-9-12-19(23-2)21(14-17)25-4;1-21-18-11-5-15(6-12-18)3-9-17(20)10-4-16-7-13-19(22-2)14-8-16/h8-11,14-15,18-19H,5-7,12-13H2,1-4H3;8-11,14-15,19-20H,5-7,12-13H2,1-4H3;7-8,11-14H,5-6,9-10H2,1-4H3;5-6,9,12-14,18,22H,7-8,10-11H2,1-4H3;5-8,11-14H,3-4,9-10H2,1-2H3/t18-,19+;19-,20-;;;/m.1.../s1. The Balaban J connectivity index is 0.000000201. The van der Waals surface area contributed by atoms with Gasteiger partial charge in [-0.2, -0.15) is 0 Å². The second-order valence-corrected chi connectivity index (χ2v) is 32.5. The first-order valence-corrected chi connectivity index (χ1v) is 44.6. The number of benzene rings is 10. The smallest absolute Gasteiger partial charge is 0.160 e. The Kier molecular flexibility index (Phi) is 43.5. The van der Waals surface area contributed by atoms with E-state index >= 15 is 0 Å². The molecule has 21 heteroatoms. The van der Waals surface area contributed by atoms with Gasteiger partial charge < -0.3 is 80.9 Å². The summed E-state index contributed by atoms with van der Waals surface area (Å²) in [5, 5.41) is 10.3. The molecule has 2 aliphatic carbocycles. The molecule has 12 rings (SSSR count). The van der Waals surface area contributed by atoms with Crippen molar-refractivity contribution < 1.29 is 100 Å². The zero-order valence-electron chi connectivity index (χ0n) is 79.5. The lowest BCUT2D eigenvalue weighted by molar-refractivity contribution is -0.129. The molecule has 1 unspecified atom stereocenters. The SMILES string of the molecule is COc1cc(CCC(O)CCc2ccc(OC)c(OC)c2)ccc1C.COc1cc(C[C@H]2CCC[C@H](Cc3ccc(OC)c(OC)c3)C2=O)ccc1C.COc1ccc(CCC(=O)CCc2ccc(OC)c(OC)c2)cc1OC.COc1ccc(CCC(=O)CCc2ccc(OC)cc2)cc1.COc1ccc(C[C@H]2CCC[C@@H](Cc3ccc(OC)c(OC)c3)C2=O)cc1OC. The highest BCUT2D eigenvalue weighted by molar-refractivity contribution is 5.85. The third kappa shape index (κ3) is 32.1. The van der Waals surface area contributed by atoms with Gasteiger partial charge in [0, 0.05) is 49.4 Å². The number of aryl methyl sites for hydroxylation is 8. The molecule has 10 aromatic carbocycles. The van der Waals surface area contributed by atoms with Crippen LogP contribution in [-0.2, 0) is 83.4 Å². The fraction of sp³-hybridized carbons (Fsp3) is 0.413. The summed E-state index contributed by atoms with van der Waals surface area (Å²) in [7, 11) is 26.1. The van der Waals surface area contributed by atoms with E-state index in [-0.39, 0.29) is 35.6 Å². The molecule has 0 saturated heterocycles. The maximum Gasteiger partial charge on any atom is 0.160 e. The molecule has 2 aliphatic rings. The van der Waals surface area contributed by atoms with Gasteiger partial charge in [0.1, 0.15) is 46.1 Å². The van der Waals surface area contributed by atoms with Gasteiger partial charge in [-0.15, -0.1) is 0 Å². The van der Waals surface area contributed by atoms with Gasteiger partial charge in [-0.1, -0.05) is 97.8 Å². The maximum atomic E-state index is 13.2. The van der Waals surface area contributed by atoms with Crippen LogP contribution in [0.3, 0.4) is 0 Å². The Bertz CT molecular complexity index is 4970. The van der Waals surface area contributed by atoms with E-state index in [1.807, 2.05) is 172 Å². The van der Waals surface area contributed by atoms with E-state index in [2.05, 4.69) is 36.4 Å². The van der Waals surface area contributed by atoms with Crippen molar-refractivity contribution >= 4 is 23.1 Å². The molecule has 130 heavy (non-hydrogen) atoms. The number of rotatable bonds is 42. The van der Waals surface area contributed by atoms with E-state index in [0.717, 1.165) is 182 Å². The first-order valence-electron chi connectivity index (χ1n) is 44.6. The van der Waals surface area contributed by atoms with Crippen molar-refractivity contribution in [3.8, 4) is 92.0 Å². The molecule has 21 nitrogen and oxygen atoms in total. The molecule has 0 heterocycles. The van der Waals surface area contributed by atoms with Crippen molar-refractivity contribution in [2.75, 3.05) is 114 Å². The quantitative estimate of drug-likeness (QED) is 0.0374. The molecule has 0 radical (unpaired) electrons. The van der Waals surface area contributed by atoms with E-state index < -0.39 is 0 Å². The monoisotopic (exact) mass is 1780 g/mol. The summed E-state index contributed by atoms with van der Waals surface area (Å²) in [6, 6.07) is 63.3. The van der Waals surface area contributed by atoms with Crippen molar-refractivity contribution in [2.24, 2.45) is 23.7 Å². The topological polar surface area (TPSA) is 236 Å². The summed E-state index contributed by atoms with van der Waals surface area (Å²) in [6.07, 6.45) is 16.9. The van der Waals surface area contributed by atoms with Gasteiger partial charge in [0.25, 0.3) is 0 Å². The van der Waals surface area contributed by atoms with Gasteiger partial charge in [-0.05, 0) is 293 Å². The summed E-state index contributed by atoms with van der Waals surface area (Å²) >= 11 is 0. The van der Waals surface area contributed by atoms with Crippen LogP contribution in [0, 0.1) is 37.5 Å². The zero-order valence-corrected chi connectivity index (χ0v) is 79.5. The molecule has 0 amide bonds. The van der Waals surface area contributed by atoms with Crippen LogP contribution >= 0.6 is 0 Å². The Morgan fingerprint density at radius 2 is 0.454 bits per heavy atom. The highest BCUT2D eigenvalue weighted by Crippen LogP contribution is 2.39. The number of ketones is 4. The third-order valence-corrected chi connectivity index (χ3v) is 24.0. The summed E-state index contributed by atoms with van der Waals surface area (Å²) in [6.45, 7) is 4.06. The number of hydrogen-bond donors (Lipinski definition) is 1. The Morgan fingerprint density at radius 3 is 0.708 bits per heavy atom. The minimum atomic E-state index is -0.333. The number of methoxy groups -OCH3 is 16. The van der Waals surface area contributed by atoms with Crippen LogP contribution in [0.2, 0.25) is 0 Å². The Hall–Kier alpha value is -12.4. The van der Waals surface area contributed by atoms with E-state index in [1.165, 1.54) is 22.3 Å². The second-order valence-electron chi connectivity index (χ2n) is 32.5. The number of carbonyl (C=O) groups excluding carboxylic acids is 4. The van der Waals surface area contributed by atoms with Crippen molar-refractivity contribution in [3.63, 3.8) is 0 Å². The van der Waals surface area contributed by atoms with Crippen LogP contribution < -0.4 is 75.8 Å². The summed E-state index contributed by atoms with van der Waals surface area (Å²) in [4.78, 5) is 50.5. The third-order valence-electron chi connectivity index (χ3n) is 24.0. The largest absolute Gasteiger partial charge is 0.497 e. The lowest BCUT2D eigenvalue weighted by Crippen LogP contribution is -2.31. The first-order chi connectivity index (χ1) is 63.0. The van der Waals surface area contributed by atoms with Crippen molar-refractivity contribution in [2.45, 2.75) is 161 Å². The van der Waals surface area contributed by atoms with Gasteiger partial charge in [0.15, 0.2) is 69.0 Å². The summed E-state index contributed by atoms with van der Waals surface area (Å²) < 4.78 is 84.8. The van der Waals surface area contributed by atoms with E-state index in [4.69, 9.17) is 75.8 Å². The Morgan fingerprint density at radius 1 is 0.254 bits per heavy atom. The van der Waals surface area contributed by atoms with E-state index in [9.17, 15) is 24.3 Å². The van der Waals surface area contributed by atoms with Crippen LogP contribution in [-0.4, -0.2) is 148 Å². The molecule has 0 aliphatic heterocycles. The van der Waals surface area contributed by atoms with Crippen molar-refractivity contribution in [3.05, 3.63) is 261 Å². The van der Waals surface area contributed by atoms with Crippen LogP contribution in [0.1, 0.15) is 144 Å². The fourth-order valence-electron chi connectivity index (χ4n) is 16.3. The highest BCUT2D eigenvalue weighted by Gasteiger charge is 2.34. The number of hydrogen-bond acceptors (Lipinski definition) is 21.